The lowest BCUT2D eigenvalue weighted by Gasteiger charge is -2.33. The molecule has 158 valence electrons. The van der Waals surface area contributed by atoms with Gasteiger partial charge in [-0.05, 0) is 50.3 Å². The first-order valence-electron chi connectivity index (χ1n) is 9.56. The highest BCUT2D eigenvalue weighted by Gasteiger charge is 2.52. The Morgan fingerprint density at radius 3 is 2.76 bits per heavy atom. The highest BCUT2D eigenvalue weighted by atomic mass is 32.2. The molecule has 2 heterocycles. The molecule has 29 heavy (non-hydrogen) atoms. The highest BCUT2D eigenvalue weighted by molar-refractivity contribution is 7.89. The molecule has 0 amide bonds. The SMILES string of the molecule is CCn1cc(S(=O)(=O)N2[C@@H]3CC[C@H](C3)[C@@H]2COc2cccc(C(F)(F)F)c2)cn1. The Bertz CT molecular complexity index is 990. The number of alkyl halides is 3. The van der Waals surface area contributed by atoms with Crippen LogP contribution in [0.3, 0.4) is 0 Å². The molecule has 0 N–H and O–H groups in total. The van der Waals surface area contributed by atoms with Gasteiger partial charge in [-0.25, -0.2) is 8.42 Å². The number of rotatable bonds is 6. The van der Waals surface area contributed by atoms with Crippen LogP contribution < -0.4 is 4.74 Å². The van der Waals surface area contributed by atoms with Crippen LogP contribution in [-0.2, 0) is 22.7 Å². The third-order valence-corrected chi connectivity index (χ3v) is 7.70. The highest BCUT2D eigenvalue weighted by Crippen LogP contribution is 2.45. The van der Waals surface area contributed by atoms with Gasteiger partial charge < -0.3 is 4.74 Å². The van der Waals surface area contributed by atoms with Crippen LogP contribution in [0.1, 0.15) is 31.7 Å². The average molecular weight is 429 g/mol. The monoisotopic (exact) mass is 429 g/mol. The number of hydrogen-bond acceptors (Lipinski definition) is 4. The Hall–Kier alpha value is -2.07. The number of hydrogen-bond donors (Lipinski definition) is 0. The molecule has 3 atom stereocenters. The first-order valence-corrected chi connectivity index (χ1v) is 11.0. The summed E-state index contributed by atoms with van der Waals surface area (Å²) < 4.78 is 73.9. The van der Waals surface area contributed by atoms with E-state index in [1.165, 1.54) is 28.8 Å². The third-order valence-electron chi connectivity index (χ3n) is 5.77. The summed E-state index contributed by atoms with van der Waals surface area (Å²) in [5.41, 5.74) is -0.792. The van der Waals surface area contributed by atoms with Crippen LogP contribution in [0.4, 0.5) is 13.2 Å². The summed E-state index contributed by atoms with van der Waals surface area (Å²) in [7, 11) is -3.75. The van der Waals surface area contributed by atoms with Gasteiger partial charge in [0.2, 0.25) is 10.0 Å². The summed E-state index contributed by atoms with van der Waals surface area (Å²) >= 11 is 0. The molecular formula is C19H22F3N3O3S. The van der Waals surface area contributed by atoms with E-state index < -0.39 is 27.8 Å². The van der Waals surface area contributed by atoms with Crippen molar-refractivity contribution < 1.29 is 26.3 Å². The van der Waals surface area contributed by atoms with Crippen molar-refractivity contribution in [3.8, 4) is 5.75 Å². The van der Waals surface area contributed by atoms with Crippen molar-refractivity contribution in [2.75, 3.05) is 6.61 Å². The minimum atomic E-state index is -4.46. The minimum absolute atomic E-state index is 0.0175. The smallest absolute Gasteiger partial charge is 0.416 e. The van der Waals surface area contributed by atoms with Crippen molar-refractivity contribution in [3.05, 3.63) is 42.2 Å². The Balaban J connectivity index is 1.55. The van der Waals surface area contributed by atoms with Crippen LogP contribution >= 0.6 is 0 Å². The number of sulfonamides is 1. The molecule has 1 aliphatic carbocycles. The molecule has 2 aromatic rings. The molecular weight excluding hydrogens is 407 g/mol. The van der Waals surface area contributed by atoms with Gasteiger partial charge in [-0.1, -0.05) is 6.07 Å². The number of ether oxygens (including phenoxy) is 1. The van der Waals surface area contributed by atoms with Gasteiger partial charge in [0.15, 0.2) is 0 Å². The lowest BCUT2D eigenvalue weighted by Crippen LogP contribution is -2.47. The van der Waals surface area contributed by atoms with E-state index in [1.807, 2.05) is 6.92 Å². The number of fused-ring (bicyclic) bond motifs is 2. The van der Waals surface area contributed by atoms with Gasteiger partial charge in [0.1, 0.15) is 17.3 Å². The number of nitrogens with zero attached hydrogens (tertiary/aromatic N) is 3. The summed E-state index contributed by atoms with van der Waals surface area (Å²) in [5.74, 6) is 0.223. The summed E-state index contributed by atoms with van der Waals surface area (Å²) in [5, 5.41) is 4.06. The van der Waals surface area contributed by atoms with Crippen LogP contribution in [0.25, 0.3) is 0 Å². The maximum atomic E-state index is 13.2. The number of aryl methyl sites for hydroxylation is 1. The van der Waals surface area contributed by atoms with E-state index in [9.17, 15) is 21.6 Å². The molecule has 1 aromatic carbocycles. The van der Waals surface area contributed by atoms with E-state index in [0.29, 0.717) is 6.54 Å². The molecule has 10 heteroatoms. The van der Waals surface area contributed by atoms with Crippen molar-refractivity contribution in [1.29, 1.82) is 0 Å². The van der Waals surface area contributed by atoms with E-state index in [4.69, 9.17) is 4.74 Å². The zero-order valence-electron chi connectivity index (χ0n) is 15.8. The summed E-state index contributed by atoms with van der Waals surface area (Å²) in [6, 6.07) is 4.15. The fourth-order valence-electron chi connectivity index (χ4n) is 4.35. The van der Waals surface area contributed by atoms with Crippen LogP contribution in [0.15, 0.2) is 41.6 Å². The van der Waals surface area contributed by atoms with Gasteiger partial charge >= 0.3 is 6.18 Å². The Labute approximate surface area is 167 Å². The molecule has 2 bridgehead atoms. The first kappa shape index (κ1) is 20.2. The second-order valence-electron chi connectivity index (χ2n) is 7.50. The molecule has 1 aliphatic heterocycles. The first-order chi connectivity index (χ1) is 13.7. The molecule has 0 radical (unpaired) electrons. The fraction of sp³-hybridized carbons (Fsp3) is 0.526. The lowest BCUT2D eigenvalue weighted by atomic mass is 10.0. The van der Waals surface area contributed by atoms with E-state index in [1.54, 1.807) is 4.68 Å². The van der Waals surface area contributed by atoms with E-state index >= 15 is 0 Å². The molecule has 0 unspecified atom stereocenters. The fourth-order valence-corrected chi connectivity index (χ4v) is 6.20. The van der Waals surface area contributed by atoms with Crippen molar-refractivity contribution in [3.63, 3.8) is 0 Å². The van der Waals surface area contributed by atoms with Crippen LogP contribution in [0, 0.1) is 5.92 Å². The Kier molecular flexibility index (Phi) is 5.10. The van der Waals surface area contributed by atoms with Gasteiger partial charge in [-0.2, -0.15) is 22.6 Å². The molecule has 1 saturated heterocycles. The zero-order valence-corrected chi connectivity index (χ0v) is 16.7. The standard InChI is InChI=1S/C19H22F3N3O3S/c1-2-24-11-17(10-23-24)29(26,27)25-15-7-6-13(8-15)18(25)12-28-16-5-3-4-14(9-16)19(20,21)22/h3-5,9-11,13,15,18H,2,6-8,12H2,1H3/t13-,15-,18+/m1/s1. The minimum Gasteiger partial charge on any atom is -0.492 e. The van der Waals surface area contributed by atoms with Crippen molar-refractivity contribution in [2.45, 2.75) is 55.9 Å². The molecule has 0 spiro atoms. The van der Waals surface area contributed by atoms with Gasteiger partial charge in [-0.15, -0.1) is 0 Å². The van der Waals surface area contributed by atoms with Crippen molar-refractivity contribution in [2.24, 2.45) is 5.92 Å². The number of piperidine rings is 1. The topological polar surface area (TPSA) is 64.4 Å². The van der Waals surface area contributed by atoms with E-state index in [2.05, 4.69) is 5.10 Å². The summed E-state index contributed by atoms with van der Waals surface area (Å²) in [6.07, 6.45) is 0.813. The maximum Gasteiger partial charge on any atom is 0.416 e. The largest absolute Gasteiger partial charge is 0.492 e. The zero-order chi connectivity index (χ0) is 20.8. The van der Waals surface area contributed by atoms with Crippen LogP contribution in [0.5, 0.6) is 5.75 Å². The lowest BCUT2D eigenvalue weighted by molar-refractivity contribution is -0.137. The normalized spacial score (nSPS) is 24.9. The van der Waals surface area contributed by atoms with Crippen molar-refractivity contribution >= 4 is 10.0 Å². The second kappa shape index (κ2) is 7.32. The predicted molar refractivity (Wildman–Crippen MR) is 98.8 cm³/mol. The molecule has 6 nitrogen and oxygen atoms in total. The number of benzene rings is 1. The molecule has 2 aliphatic rings. The molecule has 4 rings (SSSR count). The molecule has 1 aromatic heterocycles. The van der Waals surface area contributed by atoms with Crippen LogP contribution in [-0.4, -0.2) is 41.2 Å². The Morgan fingerprint density at radius 1 is 1.28 bits per heavy atom. The quantitative estimate of drug-likeness (QED) is 0.705. The summed E-state index contributed by atoms with van der Waals surface area (Å²) in [6.45, 7) is 2.44. The number of halogens is 3. The van der Waals surface area contributed by atoms with Crippen molar-refractivity contribution in [1.82, 2.24) is 14.1 Å². The van der Waals surface area contributed by atoms with Gasteiger partial charge in [0.25, 0.3) is 0 Å². The van der Waals surface area contributed by atoms with E-state index in [-0.39, 0.29) is 29.2 Å². The van der Waals surface area contributed by atoms with Crippen LogP contribution in [0.2, 0.25) is 0 Å². The van der Waals surface area contributed by atoms with Gasteiger partial charge in [0.05, 0.1) is 17.8 Å². The Morgan fingerprint density at radius 2 is 2.07 bits per heavy atom. The third kappa shape index (κ3) is 3.75. The summed E-state index contributed by atoms with van der Waals surface area (Å²) in [4.78, 5) is 0.135. The van der Waals surface area contributed by atoms with Gasteiger partial charge in [0, 0.05) is 18.8 Å². The molecule has 2 fully saturated rings. The number of aromatic nitrogens is 2. The second-order valence-corrected chi connectivity index (χ2v) is 9.34. The maximum absolute atomic E-state index is 13.2. The van der Waals surface area contributed by atoms with Gasteiger partial charge in [-0.3, -0.25) is 4.68 Å². The average Bonchev–Trinajstić information content (AvgIpc) is 3.41. The van der Waals surface area contributed by atoms with E-state index in [0.717, 1.165) is 31.4 Å². The molecule has 1 saturated carbocycles. The predicted octanol–water partition coefficient (Wildman–Crippen LogP) is 3.54.